The lowest BCUT2D eigenvalue weighted by molar-refractivity contribution is -0.171. The van der Waals surface area contributed by atoms with Crippen molar-refractivity contribution in [3.8, 4) is 5.82 Å². The van der Waals surface area contributed by atoms with Crippen LogP contribution in [0.15, 0.2) is 53.5 Å². The molecule has 1 saturated heterocycles. The van der Waals surface area contributed by atoms with E-state index in [2.05, 4.69) is 25.7 Å². The molecule has 2 aromatic heterocycles. The highest BCUT2D eigenvalue weighted by Crippen LogP contribution is 2.29. The third kappa shape index (κ3) is 4.92. The second-order valence-electron chi connectivity index (χ2n) is 7.53. The molecule has 13 heteroatoms. The molecule has 1 aliphatic heterocycles. The minimum Gasteiger partial charge on any atom is -0.354 e. The van der Waals surface area contributed by atoms with Gasteiger partial charge in [-0.3, -0.25) is 19.5 Å². The Labute approximate surface area is 190 Å². The summed E-state index contributed by atoms with van der Waals surface area (Å²) in [7, 11) is 0. The van der Waals surface area contributed by atoms with Gasteiger partial charge in [0.2, 0.25) is 11.9 Å². The van der Waals surface area contributed by atoms with E-state index in [4.69, 9.17) is 0 Å². The molecule has 1 aromatic carbocycles. The number of rotatable bonds is 5. The number of H-pyrrole nitrogens is 1. The van der Waals surface area contributed by atoms with Gasteiger partial charge in [0.05, 0.1) is 0 Å². The number of alkyl halides is 3. The Bertz CT molecular complexity index is 1220. The first-order chi connectivity index (χ1) is 16.2. The third-order valence-corrected chi connectivity index (χ3v) is 5.17. The molecule has 0 bridgehead atoms. The summed E-state index contributed by atoms with van der Waals surface area (Å²) in [5.74, 6) is -2.37. The second-order valence-corrected chi connectivity index (χ2v) is 7.53. The maximum Gasteiger partial charge on any atom is 0.471 e. The first-order valence-corrected chi connectivity index (χ1v) is 10.4. The van der Waals surface area contributed by atoms with E-state index < -0.39 is 29.7 Å². The average Bonchev–Trinajstić information content (AvgIpc) is 3.04. The number of hydrogen-bond acceptors (Lipinski definition) is 6. The van der Waals surface area contributed by atoms with Crippen molar-refractivity contribution in [2.24, 2.45) is 0 Å². The van der Waals surface area contributed by atoms with Gasteiger partial charge in [-0.05, 0) is 55.7 Å². The number of anilines is 3. The van der Waals surface area contributed by atoms with Crippen molar-refractivity contribution in [1.29, 1.82) is 0 Å². The number of halogens is 3. The lowest BCUT2D eigenvalue weighted by atomic mass is 10.1. The number of nitrogens with one attached hydrogen (secondary N) is 3. The smallest absolute Gasteiger partial charge is 0.354 e. The van der Waals surface area contributed by atoms with Crippen LogP contribution in [0, 0.1) is 0 Å². The number of aromatic nitrogens is 4. The standard InChI is InChI=1S/C21H20F3N7O3/c22-21(23,24)18(33)30(15-5-1-3-12-26-17(15)32)14-9-7-13(8-10-14)27-19-28-20(34)31(29-19)16-6-2-4-11-25-16/h2,4,6-11,15H,1,3,5,12H2,(H,26,32)(H2,27,28,29,34). The second kappa shape index (κ2) is 9.37. The van der Waals surface area contributed by atoms with Crippen LogP contribution in [0.3, 0.4) is 0 Å². The minimum absolute atomic E-state index is 0.0785. The largest absolute Gasteiger partial charge is 0.471 e. The number of benzene rings is 1. The van der Waals surface area contributed by atoms with Crippen molar-refractivity contribution < 1.29 is 22.8 Å². The predicted octanol–water partition coefficient (Wildman–Crippen LogP) is 2.26. The molecule has 1 unspecified atom stereocenters. The number of pyridine rings is 1. The highest BCUT2D eigenvalue weighted by Gasteiger charge is 2.47. The van der Waals surface area contributed by atoms with Crippen molar-refractivity contribution >= 4 is 29.1 Å². The lowest BCUT2D eigenvalue weighted by Gasteiger charge is -2.30. The Kier molecular flexibility index (Phi) is 6.34. The lowest BCUT2D eigenvalue weighted by Crippen LogP contribution is -2.53. The van der Waals surface area contributed by atoms with E-state index in [9.17, 15) is 27.6 Å². The SMILES string of the molecule is O=C1NCCCCC1N(C(=O)C(F)(F)F)c1ccc(Nc2nn(-c3ccccn3)c(=O)[nH]2)cc1. The molecule has 2 amide bonds. The van der Waals surface area contributed by atoms with Gasteiger partial charge < -0.3 is 10.6 Å². The average molecular weight is 475 g/mol. The van der Waals surface area contributed by atoms with E-state index in [-0.39, 0.29) is 18.1 Å². The van der Waals surface area contributed by atoms with Crippen molar-refractivity contribution in [1.82, 2.24) is 25.1 Å². The van der Waals surface area contributed by atoms with Gasteiger partial charge in [-0.25, -0.2) is 9.78 Å². The number of nitrogens with zero attached hydrogens (tertiary/aromatic N) is 4. The maximum absolute atomic E-state index is 13.3. The zero-order chi connectivity index (χ0) is 24.3. The maximum atomic E-state index is 13.3. The van der Waals surface area contributed by atoms with Crippen LogP contribution in [-0.4, -0.2) is 50.3 Å². The van der Waals surface area contributed by atoms with Gasteiger partial charge in [0.15, 0.2) is 5.82 Å². The summed E-state index contributed by atoms with van der Waals surface area (Å²) in [4.78, 5) is 43.8. The molecule has 4 rings (SSSR count). The predicted molar refractivity (Wildman–Crippen MR) is 116 cm³/mol. The molecule has 1 fully saturated rings. The monoisotopic (exact) mass is 475 g/mol. The van der Waals surface area contributed by atoms with Crippen LogP contribution < -0.4 is 21.2 Å². The molecule has 34 heavy (non-hydrogen) atoms. The van der Waals surface area contributed by atoms with Gasteiger partial charge in [-0.15, -0.1) is 5.10 Å². The Hall–Kier alpha value is -4.16. The van der Waals surface area contributed by atoms with E-state index in [0.717, 1.165) is 4.68 Å². The van der Waals surface area contributed by atoms with Crippen LogP contribution >= 0.6 is 0 Å². The summed E-state index contributed by atoms with van der Waals surface area (Å²) in [6, 6.07) is 9.11. The van der Waals surface area contributed by atoms with Gasteiger partial charge >= 0.3 is 17.8 Å². The number of carbonyl (C=O) groups is 2. The van der Waals surface area contributed by atoms with E-state index in [1.807, 2.05) is 0 Å². The molecule has 1 aliphatic rings. The van der Waals surface area contributed by atoms with Gasteiger partial charge in [-0.1, -0.05) is 6.07 Å². The summed E-state index contributed by atoms with van der Waals surface area (Å²) >= 11 is 0. The third-order valence-electron chi connectivity index (χ3n) is 5.17. The van der Waals surface area contributed by atoms with Crippen molar-refractivity contribution in [3.63, 3.8) is 0 Å². The van der Waals surface area contributed by atoms with Crippen molar-refractivity contribution in [3.05, 3.63) is 59.1 Å². The zero-order valence-electron chi connectivity index (χ0n) is 17.7. The van der Waals surface area contributed by atoms with Gasteiger partial charge in [-0.2, -0.15) is 17.9 Å². The Morgan fingerprint density at radius 3 is 2.56 bits per heavy atom. The van der Waals surface area contributed by atoms with Gasteiger partial charge in [0, 0.05) is 24.1 Å². The van der Waals surface area contributed by atoms with E-state index in [0.29, 0.717) is 35.8 Å². The van der Waals surface area contributed by atoms with Crippen LogP contribution in [0.2, 0.25) is 0 Å². The molecule has 3 aromatic rings. The molecule has 0 saturated carbocycles. The van der Waals surface area contributed by atoms with Gasteiger partial charge in [0.1, 0.15) is 6.04 Å². The molecule has 0 radical (unpaired) electrons. The molecule has 3 heterocycles. The van der Waals surface area contributed by atoms with E-state index in [1.165, 1.54) is 30.5 Å². The molecular weight excluding hydrogens is 455 g/mol. The summed E-state index contributed by atoms with van der Waals surface area (Å²) in [5.41, 5.74) is -0.239. The Morgan fingerprint density at radius 1 is 1.12 bits per heavy atom. The molecule has 0 aliphatic carbocycles. The van der Waals surface area contributed by atoms with Crippen LogP contribution in [-0.2, 0) is 9.59 Å². The first-order valence-electron chi connectivity index (χ1n) is 10.4. The molecule has 10 nitrogen and oxygen atoms in total. The zero-order valence-corrected chi connectivity index (χ0v) is 17.7. The summed E-state index contributed by atoms with van der Waals surface area (Å²) in [6.07, 6.45) is -2.43. The fourth-order valence-corrected chi connectivity index (χ4v) is 3.60. The Morgan fingerprint density at radius 2 is 1.88 bits per heavy atom. The number of hydrogen-bond donors (Lipinski definition) is 3. The molecule has 1 atom stereocenters. The van der Waals surface area contributed by atoms with E-state index in [1.54, 1.807) is 18.2 Å². The molecule has 3 N–H and O–H groups in total. The van der Waals surface area contributed by atoms with Gasteiger partial charge in [0.25, 0.3) is 0 Å². The van der Waals surface area contributed by atoms with Crippen LogP contribution in [0.4, 0.5) is 30.5 Å². The number of aromatic amines is 1. The molecule has 0 spiro atoms. The normalized spacial score (nSPS) is 16.4. The highest BCUT2D eigenvalue weighted by molar-refractivity contribution is 6.03. The quantitative estimate of drug-likeness (QED) is 0.520. The molecule has 178 valence electrons. The minimum atomic E-state index is -5.15. The summed E-state index contributed by atoms with van der Waals surface area (Å²) in [6.45, 7) is 0.343. The van der Waals surface area contributed by atoms with E-state index >= 15 is 0 Å². The summed E-state index contributed by atoms with van der Waals surface area (Å²) in [5, 5.41) is 9.49. The van der Waals surface area contributed by atoms with Crippen molar-refractivity contribution in [2.75, 3.05) is 16.8 Å². The Balaban J connectivity index is 1.59. The fraction of sp³-hybridized carbons (Fsp3) is 0.286. The first kappa shape index (κ1) is 23.0. The van der Waals surface area contributed by atoms with Crippen LogP contribution in [0.5, 0.6) is 0 Å². The molecular formula is C21H20F3N7O3. The van der Waals surface area contributed by atoms with Crippen LogP contribution in [0.25, 0.3) is 5.82 Å². The highest BCUT2D eigenvalue weighted by atomic mass is 19.4. The van der Waals surface area contributed by atoms with Crippen LogP contribution in [0.1, 0.15) is 19.3 Å². The number of amides is 2. The summed E-state index contributed by atoms with van der Waals surface area (Å²) < 4.78 is 41.0. The topological polar surface area (TPSA) is 125 Å². The fourth-order valence-electron chi connectivity index (χ4n) is 3.60. The van der Waals surface area contributed by atoms with Crippen molar-refractivity contribution in [2.45, 2.75) is 31.5 Å². The number of carbonyl (C=O) groups excluding carboxylic acids is 2.